The summed E-state index contributed by atoms with van der Waals surface area (Å²) in [6, 6.07) is 18.4. The third-order valence-electron chi connectivity index (χ3n) is 4.08. The summed E-state index contributed by atoms with van der Waals surface area (Å²) in [6.07, 6.45) is 0. The Labute approximate surface area is 139 Å². The molecule has 2 aromatic rings. The number of benzene rings is 2. The molecule has 1 amide bonds. The third kappa shape index (κ3) is 4.93. The molecule has 2 rings (SSSR count). The van der Waals surface area contributed by atoms with Gasteiger partial charge in [-0.3, -0.25) is 9.69 Å². The second-order valence-electron chi connectivity index (χ2n) is 5.92. The quantitative estimate of drug-likeness (QED) is 0.843. The van der Waals surface area contributed by atoms with E-state index in [1.165, 1.54) is 0 Å². The first-order valence-electron chi connectivity index (χ1n) is 8.29. The van der Waals surface area contributed by atoms with E-state index in [1.54, 1.807) is 0 Å². The Bertz CT molecular complexity index is 605. The molecule has 0 saturated heterocycles. The Morgan fingerprint density at radius 1 is 1.00 bits per heavy atom. The molecule has 3 nitrogen and oxygen atoms in total. The van der Waals surface area contributed by atoms with E-state index in [0.717, 1.165) is 24.2 Å². The standard InChI is InChI=1S/C20H26N2O/c1-4-22(16(2)3)15-14-21-20(23)19-12-10-18(11-13-19)17-8-6-5-7-9-17/h5-13,16H,4,14-15H2,1-3H3,(H,21,23). The fourth-order valence-electron chi connectivity index (χ4n) is 2.64. The fraction of sp³-hybridized carbons (Fsp3) is 0.350. The number of hydrogen-bond donors (Lipinski definition) is 1. The minimum Gasteiger partial charge on any atom is -0.351 e. The van der Waals surface area contributed by atoms with Crippen LogP contribution >= 0.6 is 0 Å². The van der Waals surface area contributed by atoms with Gasteiger partial charge < -0.3 is 5.32 Å². The number of nitrogens with zero attached hydrogens (tertiary/aromatic N) is 1. The van der Waals surface area contributed by atoms with E-state index in [1.807, 2.05) is 42.5 Å². The molecular formula is C20H26N2O. The van der Waals surface area contributed by atoms with Crippen molar-refractivity contribution in [1.29, 1.82) is 0 Å². The molecule has 0 bridgehead atoms. The second kappa shape index (κ2) is 8.49. The minimum atomic E-state index is -0.00980. The van der Waals surface area contributed by atoms with Gasteiger partial charge in [0.05, 0.1) is 0 Å². The van der Waals surface area contributed by atoms with Crippen molar-refractivity contribution in [3.05, 3.63) is 60.2 Å². The van der Waals surface area contributed by atoms with Crippen LogP contribution in [0.4, 0.5) is 0 Å². The van der Waals surface area contributed by atoms with Crippen LogP contribution in [0.15, 0.2) is 54.6 Å². The lowest BCUT2D eigenvalue weighted by Crippen LogP contribution is -2.38. The van der Waals surface area contributed by atoms with Gasteiger partial charge in [-0.15, -0.1) is 0 Å². The number of rotatable bonds is 7. The van der Waals surface area contributed by atoms with Gasteiger partial charge >= 0.3 is 0 Å². The van der Waals surface area contributed by atoms with Crippen LogP contribution in [0, 0.1) is 0 Å². The van der Waals surface area contributed by atoms with E-state index >= 15 is 0 Å². The van der Waals surface area contributed by atoms with Gasteiger partial charge in [0.15, 0.2) is 0 Å². The van der Waals surface area contributed by atoms with Crippen LogP contribution in [0.2, 0.25) is 0 Å². The summed E-state index contributed by atoms with van der Waals surface area (Å²) in [5.41, 5.74) is 2.99. The van der Waals surface area contributed by atoms with E-state index in [9.17, 15) is 4.79 Å². The van der Waals surface area contributed by atoms with E-state index in [0.29, 0.717) is 18.2 Å². The zero-order valence-corrected chi connectivity index (χ0v) is 14.3. The van der Waals surface area contributed by atoms with Gasteiger partial charge in [-0.25, -0.2) is 0 Å². The summed E-state index contributed by atoms with van der Waals surface area (Å²) in [5, 5.41) is 3.00. The molecule has 122 valence electrons. The van der Waals surface area contributed by atoms with Crippen molar-refractivity contribution in [2.24, 2.45) is 0 Å². The zero-order chi connectivity index (χ0) is 16.7. The molecule has 0 aliphatic rings. The van der Waals surface area contributed by atoms with Crippen LogP contribution in [0.5, 0.6) is 0 Å². The summed E-state index contributed by atoms with van der Waals surface area (Å²) in [5.74, 6) is -0.00980. The topological polar surface area (TPSA) is 32.3 Å². The largest absolute Gasteiger partial charge is 0.351 e. The molecule has 0 radical (unpaired) electrons. The van der Waals surface area contributed by atoms with Crippen molar-refractivity contribution < 1.29 is 4.79 Å². The Hall–Kier alpha value is -2.13. The Morgan fingerprint density at radius 3 is 2.17 bits per heavy atom. The highest BCUT2D eigenvalue weighted by Gasteiger charge is 2.09. The monoisotopic (exact) mass is 310 g/mol. The maximum atomic E-state index is 12.2. The number of nitrogens with one attached hydrogen (secondary N) is 1. The second-order valence-corrected chi connectivity index (χ2v) is 5.92. The summed E-state index contributed by atoms with van der Waals surface area (Å²) < 4.78 is 0. The van der Waals surface area contributed by atoms with E-state index in [-0.39, 0.29) is 5.91 Å². The van der Waals surface area contributed by atoms with Crippen molar-refractivity contribution in [3.8, 4) is 11.1 Å². The molecule has 3 heteroatoms. The van der Waals surface area contributed by atoms with Gasteiger partial charge in [0.1, 0.15) is 0 Å². The molecule has 23 heavy (non-hydrogen) atoms. The molecule has 1 N–H and O–H groups in total. The minimum absolute atomic E-state index is 0.00980. The Balaban J connectivity index is 1.91. The predicted molar refractivity (Wildman–Crippen MR) is 96.6 cm³/mol. The molecule has 2 aromatic carbocycles. The third-order valence-corrected chi connectivity index (χ3v) is 4.08. The molecule has 0 aliphatic carbocycles. The molecule has 0 fully saturated rings. The lowest BCUT2D eigenvalue weighted by atomic mass is 10.0. The molecule has 0 heterocycles. The highest BCUT2D eigenvalue weighted by Crippen LogP contribution is 2.19. The molecule has 0 unspecified atom stereocenters. The SMILES string of the molecule is CCN(CCNC(=O)c1ccc(-c2ccccc2)cc1)C(C)C. The lowest BCUT2D eigenvalue weighted by molar-refractivity contribution is 0.0946. The average Bonchev–Trinajstić information content (AvgIpc) is 2.59. The zero-order valence-electron chi connectivity index (χ0n) is 14.3. The predicted octanol–water partition coefficient (Wildman–Crippen LogP) is 3.81. The number of likely N-dealkylation sites (N-methyl/N-ethyl adjacent to an activating group) is 1. The highest BCUT2D eigenvalue weighted by atomic mass is 16.1. The van der Waals surface area contributed by atoms with Gasteiger partial charge in [0.25, 0.3) is 5.91 Å². The van der Waals surface area contributed by atoms with Crippen molar-refractivity contribution in [2.75, 3.05) is 19.6 Å². The van der Waals surface area contributed by atoms with Crippen molar-refractivity contribution in [3.63, 3.8) is 0 Å². The maximum Gasteiger partial charge on any atom is 0.251 e. The fourth-order valence-corrected chi connectivity index (χ4v) is 2.64. The maximum absolute atomic E-state index is 12.2. The number of hydrogen-bond acceptors (Lipinski definition) is 2. The number of amides is 1. The Kier molecular flexibility index (Phi) is 6.36. The van der Waals surface area contributed by atoms with Crippen molar-refractivity contribution >= 4 is 5.91 Å². The smallest absolute Gasteiger partial charge is 0.251 e. The van der Waals surface area contributed by atoms with E-state index in [4.69, 9.17) is 0 Å². The van der Waals surface area contributed by atoms with Crippen LogP contribution < -0.4 is 5.32 Å². The highest BCUT2D eigenvalue weighted by molar-refractivity contribution is 5.94. The van der Waals surface area contributed by atoms with Gasteiger partial charge in [-0.1, -0.05) is 49.4 Å². The molecular weight excluding hydrogens is 284 g/mol. The number of carbonyl (C=O) groups excluding carboxylic acids is 1. The molecule has 0 aromatic heterocycles. The first-order chi connectivity index (χ1) is 11.1. The van der Waals surface area contributed by atoms with E-state index < -0.39 is 0 Å². The van der Waals surface area contributed by atoms with Crippen LogP contribution in [0.3, 0.4) is 0 Å². The van der Waals surface area contributed by atoms with Crippen LogP contribution in [0.25, 0.3) is 11.1 Å². The summed E-state index contributed by atoms with van der Waals surface area (Å²) in [7, 11) is 0. The molecule has 0 saturated carbocycles. The summed E-state index contributed by atoms with van der Waals surface area (Å²) >= 11 is 0. The van der Waals surface area contributed by atoms with Crippen LogP contribution in [-0.4, -0.2) is 36.5 Å². The first-order valence-corrected chi connectivity index (χ1v) is 8.29. The van der Waals surface area contributed by atoms with Crippen molar-refractivity contribution in [1.82, 2.24) is 10.2 Å². The van der Waals surface area contributed by atoms with Crippen LogP contribution in [-0.2, 0) is 0 Å². The normalized spacial score (nSPS) is 11.0. The van der Waals surface area contributed by atoms with Crippen LogP contribution in [0.1, 0.15) is 31.1 Å². The van der Waals surface area contributed by atoms with Gasteiger partial charge in [0, 0.05) is 24.7 Å². The van der Waals surface area contributed by atoms with E-state index in [2.05, 4.69) is 43.1 Å². The molecule has 0 spiro atoms. The lowest BCUT2D eigenvalue weighted by Gasteiger charge is -2.24. The van der Waals surface area contributed by atoms with Gasteiger partial charge in [0.2, 0.25) is 0 Å². The summed E-state index contributed by atoms with van der Waals surface area (Å²) in [6.45, 7) is 9.04. The number of carbonyl (C=O) groups is 1. The molecule has 0 atom stereocenters. The Morgan fingerprint density at radius 2 is 1.61 bits per heavy atom. The van der Waals surface area contributed by atoms with Crippen molar-refractivity contribution in [2.45, 2.75) is 26.8 Å². The first kappa shape index (κ1) is 17.2. The summed E-state index contributed by atoms with van der Waals surface area (Å²) in [4.78, 5) is 14.5. The van der Waals surface area contributed by atoms with Gasteiger partial charge in [-0.05, 0) is 43.7 Å². The molecule has 0 aliphatic heterocycles. The average molecular weight is 310 g/mol. The van der Waals surface area contributed by atoms with Gasteiger partial charge in [-0.2, -0.15) is 0 Å².